The molecule has 0 spiro atoms. The number of carbonyl (C=O) groups excluding carboxylic acids is 1. The third-order valence-electron chi connectivity index (χ3n) is 3.49. The van der Waals surface area contributed by atoms with Crippen molar-refractivity contribution in [2.24, 2.45) is 7.05 Å². The average Bonchev–Trinajstić information content (AvgIpc) is 2.91. The van der Waals surface area contributed by atoms with Crippen LogP contribution in [0.15, 0.2) is 65.7 Å². The van der Waals surface area contributed by atoms with E-state index in [0.717, 1.165) is 10.9 Å². The molecule has 1 heterocycles. The van der Waals surface area contributed by atoms with Gasteiger partial charge in [-0.25, -0.2) is 8.42 Å². The first-order valence-electron chi connectivity index (χ1n) is 6.90. The number of rotatable bonds is 4. The number of carbonyl (C=O) groups is 1. The maximum Gasteiger partial charge on any atom is 0.268 e. The highest BCUT2D eigenvalue weighted by Gasteiger charge is 2.17. The Kier molecular flexibility index (Phi) is 3.89. The van der Waals surface area contributed by atoms with Gasteiger partial charge in [-0.2, -0.15) is 0 Å². The maximum atomic E-state index is 12.3. The third kappa shape index (κ3) is 2.96. The van der Waals surface area contributed by atoms with Crippen molar-refractivity contribution < 1.29 is 13.2 Å². The summed E-state index contributed by atoms with van der Waals surface area (Å²) in [5, 5.41) is 0.756. The van der Waals surface area contributed by atoms with Crippen LogP contribution in [0.5, 0.6) is 0 Å². The van der Waals surface area contributed by atoms with Gasteiger partial charge in [-0.05, 0) is 18.2 Å². The summed E-state index contributed by atoms with van der Waals surface area (Å²) in [5.41, 5.74) is 3.55. The van der Waals surface area contributed by atoms with Gasteiger partial charge in [0, 0.05) is 24.1 Å². The van der Waals surface area contributed by atoms with Gasteiger partial charge in [-0.3, -0.25) is 10.2 Å². The SMILES string of the molecule is Cn1cc(C(=O)NNS(=O)(=O)c2ccccc2)c2ccccc21. The first-order chi connectivity index (χ1) is 11.0. The number of aromatic nitrogens is 1. The fraction of sp³-hybridized carbons (Fsp3) is 0.0625. The minimum absolute atomic E-state index is 0.0817. The van der Waals surface area contributed by atoms with E-state index in [-0.39, 0.29) is 4.90 Å². The number of para-hydroxylation sites is 1. The molecule has 1 amide bonds. The first kappa shape index (κ1) is 15.3. The van der Waals surface area contributed by atoms with Gasteiger partial charge >= 0.3 is 0 Å². The fourth-order valence-electron chi connectivity index (χ4n) is 2.36. The van der Waals surface area contributed by atoms with Crippen molar-refractivity contribution in [3.63, 3.8) is 0 Å². The van der Waals surface area contributed by atoms with Crippen molar-refractivity contribution in [2.75, 3.05) is 0 Å². The quantitative estimate of drug-likeness (QED) is 0.716. The lowest BCUT2D eigenvalue weighted by Gasteiger charge is -2.07. The second-order valence-corrected chi connectivity index (χ2v) is 6.73. The highest BCUT2D eigenvalue weighted by atomic mass is 32.2. The van der Waals surface area contributed by atoms with Crippen LogP contribution in [0.2, 0.25) is 0 Å². The molecule has 0 aliphatic rings. The molecule has 118 valence electrons. The van der Waals surface area contributed by atoms with Gasteiger partial charge in [-0.1, -0.05) is 36.4 Å². The zero-order valence-corrected chi connectivity index (χ0v) is 13.2. The molecule has 2 N–H and O–H groups in total. The molecule has 0 saturated carbocycles. The molecule has 7 heteroatoms. The Hall–Kier alpha value is -2.64. The lowest BCUT2D eigenvalue weighted by molar-refractivity contribution is 0.0946. The van der Waals surface area contributed by atoms with Gasteiger partial charge in [0.15, 0.2) is 0 Å². The molecular weight excluding hydrogens is 314 g/mol. The molecule has 0 atom stereocenters. The summed E-state index contributed by atoms with van der Waals surface area (Å²) in [4.78, 5) is 14.5. The summed E-state index contributed by atoms with van der Waals surface area (Å²) in [6, 6.07) is 15.3. The predicted molar refractivity (Wildman–Crippen MR) is 87.1 cm³/mol. The second-order valence-electron chi connectivity index (χ2n) is 5.04. The number of nitrogens with zero attached hydrogens (tertiary/aromatic N) is 1. The highest BCUT2D eigenvalue weighted by Crippen LogP contribution is 2.20. The van der Waals surface area contributed by atoms with Crippen LogP contribution in [-0.4, -0.2) is 18.9 Å². The van der Waals surface area contributed by atoms with Gasteiger partial charge in [0.1, 0.15) is 0 Å². The van der Waals surface area contributed by atoms with E-state index in [9.17, 15) is 13.2 Å². The largest absolute Gasteiger partial charge is 0.350 e. The van der Waals surface area contributed by atoms with Crippen molar-refractivity contribution in [3.8, 4) is 0 Å². The lowest BCUT2D eigenvalue weighted by atomic mass is 10.2. The predicted octanol–water partition coefficient (Wildman–Crippen LogP) is 1.80. The number of benzene rings is 2. The molecule has 0 aliphatic carbocycles. The normalized spacial score (nSPS) is 11.5. The van der Waals surface area contributed by atoms with E-state index in [0.29, 0.717) is 5.56 Å². The summed E-state index contributed by atoms with van der Waals surface area (Å²) >= 11 is 0. The second kappa shape index (κ2) is 5.86. The third-order valence-corrected chi connectivity index (χ3v) is 4.76. The van der Waals surface area contributed by atoms with E-state index in [1.807, 2.05) is 35.9 Å². The number of hydrogen-bond donors (Lipinski definition) is 2. The van der Waals surface area contributed by atoms with E-state index in [4.69, 9.17) is 0 Å². The van der Waals surface area contributed by atoms with Gasteiger partial charge in [0.25, 0.3) is 15.9 Å². The van der Waals surface area contributed by atoms with E-state index in [2.05, 4.69) is 10.3 Å². The molecule has 0 saturated heterocycles. The van der Waals surface area contributed by atoms with Crippen LogP contribution in [0.4, 0.5) is 0 Å². The summed E-state index contributed by atoms with van der Waals surface area (Å²) in [5.74, 6) is -0.513. The number of hydrogen-bond acceptors (Lipinski definition) is 3. The molecule has 0 bridgehead atoms. The van der Waals surface area contributed by atoms with Gasteiger partial charge in [-0.15, -0.1) is 4.83 Å². The number of nitrogens with one attached hydrogen (secondary N) is 2. The first-order valence-corrected chi connectivity index (χ1v) is 8.38. The minimum Gasteiger partial charge on any atom is -0.350 e. The summed E-state index contributed by atoms with van der Waals surface area (Å²) in [7, 11) is -1.97. The lowest BCUT2D eigenvalue weighted by Crippen LogP contribution is -2.41. The van der Waals surface area contributed by atoms with Crippen LogP contribution in [-0.2, 0) is 17.1 Å². The van der Waals surface area contributed by atoms with Crippen LogP contribution in [0.25, 0.3) is 10.9 Å². The van der Waals surface area contributed by atoms with Crippen LogP contribution >= 0.6 is 0 Å². The number of hydrazine groups is 1. The van der Waals surface area contributed by atoms with Crippen molar-refractivity contribution in [2.45, 2.75) is 4.90 Å². The standard InChI is InChI=1S/C16H15N3O3S/c1-19-11-14(13-9-5-6-10-15(13)19)16(20)17-18-23(21,22)12-7-3-2-4-8-12/h2-11,18H,1H3,(H,17,20). The molecular formula is C16H15N3O3S. The molecule has 3 rings (SSSR count). The minimum atomic E-state index is -3.80. The Morgan fingerprint density at radius 3 is 2.39 bits per heavy atom. The van der Waals surface area contributed by atoms with Gasteiger partial charge < -0.3 is 4.57 Å². The molecule has 1 aromatic heterocycles. The molecule has 0 unspecified atom stereocenters. The molecule has 23 heavy (non-hydrogen) atoms. The molecule has 6 nitrogen and oxygen atoms in total. The Morgan fingerprint density at radius 2 is 1.65 bits per heavy atom. The topological polar surface area (TPSA) is 80.2 Å². The highest BCUT2D eigenvalue weighted by molar-refractivity contribution is 7.89. The van der Waals surface area contributed by atoms with E-state index in [1.54, 1.807) is 24.4 Å². The van der Waals surface area contributed by atoms with E-state index in [1.165, 1.54) is 12.1 Å². The monoisotopic (exact) mass is 329 g/mol. The molecule has 3 aromatic rings. The van der Waals surface area contributed by atoms with Crippen LogP contribution in [0, 0.1) is 0 Å². The van der Waals surface area contributed by atoms with Crippen molar-refractivity contribution in [1.29, 1.82) is 0 Å². The molecule has 0 radical (unpaired) electrons. The van der Waals surface area contributed by atoms with Crippen LogP contribution < -0.4 is 10.3 Å². The molecule has 2 aromatic carbocycles. The molecule has 0 fully saturated rings. The van der Waals surface area contributed by atoms with Gasteiger partial charge in [0.2, 0.25) is 0 Å². The summed E-state index contributed by atoms with van der Waals surface area (Å²) in [6.45, 7) is 0. The Balaban J connectivity index is 1.82. The Morgan fingerprint density at radius 1 is 1.00 bits per heavy atom. The zero-order chi connectivity index (χ0) is 16.4. The van der Waals surface area contributed by atoms with E-state index >= 15 is 0 Å². The van der Waals surface area contributed by atoms with Crippen LogP contribution in [0.1, 0.15) is 10.4 Å². The van der Waals surface area contributed by atoms with E-state index < -0.39 is 15.9 Å². The smallest absolute Gasteiger partial charge is 0.268 e. The Labute approximate surface area is 133 Å². The number of sulfonamides is 1. The zero-order valence-electron chi connectivity index (χ0n) is 12.4. The summed E-state index contributed by atoms with van der Waals surface area (Å²) < 4.78 is 26.0. The van der Waals surface area contributed by atoms with Crippen molar-refractivity contribution in [3.05, 3.63) is 66.4 Å². The van der Waals surface area contributed by atoms with Crippen molar-refractivity contribution >= 4 is 26.8 Å². The Bertz CT molecular complexity index is 963. The fourth-order valence-corrected chi connectivity index (χ4v) is 3.22. The van der Waals surface area contributed by atoms with Gasteiger partial charge in [0.05, 0.1) is 10.5 Å². The number of aryl methyl sites for hydroxylation is 1. The molecule has 0 aliphatic heterocycles. The average molecular weight is 329 g/mol. The number of fused-ring (bicyclic) bond motifs is 1. The summed E-state index contributed by atoms with van der Waals surface area (Å²) in [6.07, 6.45) is 1.66. The maximum absolute atomic E-state index is 12.3. The van der Waals surface area contributed by atoms with Crippen molar-refractivity contribution in [1.82, 2.24) is 14.8 Å². The number of amides is 1. The van der Waals surface area contributed by atoms with Crippen LogP contribution in [0.3, 0.4) is 0 Å².